The Morgan fingerprint density at radius 3 is 2.48 bits per heavy atom. The van der Waals surface area contributed by atoms with E-state index in [4.69, 9.17) is 14.2 Å². The Morgan fingerprint density at radius 2 is 1.85 bits per heavy atom. The SMILES string of the molecule is CCSc1ccc(CCOc2cc(O[C@@H](C)COC)cc(C(=O)O)c2)cc1. The average Bonchev–Trinajstić information content (AvgIpc) is 2.63. The molecular weight excluding hydrogens is 364 g/mol. The van der Waals surface area contributed by atoms with Crippen LogP contribution in [0.2, 0.25) is 0 Å². The van der Waals surface area contributed by atoms with Crippen molar-refractivity contribution in [2.75, 3.05) is 26.1 Å². The summed E-state index contributed by atoms with van der Waals surface area (Å²) >= 11 is 1.81. The Kier molecular flexibility index (Phi) is 8.48. The van der Waals surface area contributed by atoms with Gasteiger partial charge in [0.15, 0.2) is 0 Å². The third-order valence-electron chi connectivity index (χ3n) is 3.76. The van der Waals surface area contributed by atoms with E-state index in [0.29, 0.717) is 24.7 Å². The number of ether oxygens (including phenoxy) is 3. The summed E-state index contributed by atoms with van der Waals surface area (Å²) in [6, 6.07) is 13.1. The Balaban J connectivity index is 1.99. The molecule has 0 aliphatic heterocycles. The second-order valence-electron chi connectivity index (χ2n) is 6.06. The highest BCUT2D eigenvalue weighted by Gasteiger charge is 2.11. The van der Waals surface area contributed by atoms with Gasteiger partial charge in [0, 0.05) is 24.5 Å². The van der Waals surface area contributed by atoms with E-state index < -0.39 is 5.97 Å². The molecule has 0 heterocycles. The van der Waals surface area contributed by atoms with Gasteiger partial charge in [-0.15, -0.1) is 11.8 Å². The lowest BCUT2D eigenvalue weighted by atomic mass is 10.1. The van der Waals surface area contributed by atoms with E-state index in [1.807, 2.05) is 18.7 Å². The molecule has 6 heteroatoms. The first-order valence-corrected chi connectivity index (χ1v) is 9.89. The number of benzene rings is 2. The average molecular weight is 391 g/mol. The molecule has 2 aromatic rings. The van der Waals surface area contributed by atoms with Crippen molar-refractivity contribution in [1.82, 2.24) is 0 Å². The summed E-state index contributed by atoms with van der Waals surface area (Å²) < 4.78 is 16.5. The van der Waals surface area contributed by atoms with Crippen LogP contribution in [0, 0.1) is 0 Å². The van der Waals surface area contributed by atoms with Crippen LogP contribution in [-0.4, -0.2) is 43.3 Å². The first kappa shape index (κ1) is 21.1. The second-order valence-corrected chi connectivity index (χ2v) is 7.39. The van der Waals surface area contributed by atoms with Gasteiger partial charge in [-0.3, -0.25) is 0 Å². The topological polar surface area (TPSA) is 65.0 Å². The highest BCUT2D eigenvalue weighted by molar-refractivity contribution is 7.99. The second kappa shape index (κ2) is 10.8. The smallest absolute Gasteiger partial charge is 0.335 e. The zero-order valence-electron chi connectivity index (χ0n) is 15.9. The molecule has 0 radical (unpaired) electrons. The van der Waals surface area contributed by atoms with Crippen LogP contribution in [0.4, 0.5) is 0 Å². The summed E-state index contributed by atoms with van der Waals surface area (Å²) in [6.07, 6.45) is 0.552. The van der Waals surface area contributed by atoms with Crippen LogP contribution in [0.5, 0.6) is 11.5 Å². The molecule has 2 rings (SSSR count). The lowest BCUT2D eigenvalue weighted by Gasteiger charge is -2.15. The zero-order valence-corrected chi connectivity index (χ0v) is 16.8. The molecule has 0 saturated carbocycles. The number of aromatic carboxylic acids is 1. The predicted molar refractivity (Wildman–Crippen MR) is 107 cm³/mol. The fourth-order valence-corrected chi connectivity index (χ4v) is 3.22. The van der Waals surface area contributed by atoms with Crippen LogP contribution in [0.1, 0.15) is 29.8 Å². The number of carboxylic acid groups (broad SMARTS) is 1. The number of rotatable bonds is 11. The summed E-state index contributed by atoms with van der Waals surface area (Å²) in [5.74, 6) is 0.965. The molecule has 0 amide bonds. The number of thioether (sulfide) groups is 1. The van der Waals surface area contributed by atoms with Crippen LogP contribution in [-0.2, 0) is 11.2 Å². The van der Waals surface area contributed by atoms with Crippen LogP contribution < -0.4 is 9.47 Å². The number of carbonyl (C=O) groups is 1. The molecule has 0 aromatic heterocycles. The fourth-order valence-electron chi connectivity index (χ4n) is 2.55. The molecule has 0 aliphatic rings. The molecular formula is C21H26O5S. The Bertz CT molecular complexity index is 730. The van der Waals surface area contributed by atoms with Crippen molar-refractivity contribution in [3.63, 3.8) is 0 Å². The van der Waals surface area contributed by atoms with Crippen molar-refractivity contribution in [3.8, 4) is 11.5 Å². The van der Waals surface area contributed by atoms with Crippen molar-refractivity contribution >= 4 is 17.7 Å². The maximum atomic E-state index is 11.4. The summed E-state index contributed by atoms with van der Waals surface area (Å²) in [6.45, 7) is 4.86. The van der Waals surface area contributed by atoms with Gasteiger partial charge in [0.1, 0.15) is 17.6 Å². The molecule has 0 saturated heterocycles. The third-order valence-corrected chi connectivity index (χ3v) is 4.65. The molecule has 0 spiro atoms. The molecule has 146 valence electrons. The van der Waals surface area contributed by atoms with Gasteiger partial charge < -0.3 is 19.3 Å². The number of hydrogen-bond donors (Lipinski definition) is 1. The first-order valence-electron chi connectivity index (χ1n) is 8.90. The fraction of sp³-hybridized carbons (Fsp3) is 0.381. The summed E-state index contributed by atoms with van der Waals surface area (Å²) in [5, 5.41) is 9.31. The minimum absolute atomic E-state index is 0.132. The van der Waals surface area contributed by atoms with Crippen LogP contribution in [0.3, 0.4) is 0 Å². The van der Waals surface area contributed by atoms with E-state index in [9.17, 15) is 9.90 Å². The first-order chi connectivity index (χ1) is 13.0. The molecule has 2 aromatic carbocycles. The van der Waals surface area contributed by atoms with E-state index in [0.717, 1.165) is 12.2 Å². The van der Waals surface area contributed by atoms with E-state index in [2.05, 4.69) is 31.2 Å². The van der Waals surface area contributed by atoms with Gasteiger partial charge in [-0.2, -0.15) is 0 Å². The normalized spacial score (nSPS) is 11.8. The van der Waals surface area contributed by atoms with Gasteiger partial charge >= 0.3 is 5.97 Å². The van der Waals surface area contributed by atoms with Crippen molar-refractivity contribution in [2.45, 2.75) is 31.3 Å². The lowest BCUT2D eigenvalue weighted by molar-refractivity contribution is 0.0693. The van der Waals surface area contributed by atoms with E-state index in [-0.39, 0.29) is 11.7 Å². The van der Waals surface area contributed by atoms with Gasteiger partial charge in [-0.25, -0.2) is 4.79 Å². The minimum atomic E-state index is -1.02. The van der Waals surface area contributed by atoms with Crippen molar-refractivity contribution < 1.29 is 24.1 Å². The summed E-state index contributed by atoms with van der Waals surface area (Å²) in [7, 11) is 1.59. The van der Waals surface area contributed by atoms with Crippen LogP contribution in [0.15, 0.2) is 47.4 Å². The summed E-state index contributed by atoms with van der Waals surface area (Å²) in [5.41, 5.74) is 1.31. The molecule has 1 N–H and O–H groups in total. The molecule has 27 heavy (non-hydrogen) atoms. The highest BCUT2D eigenvalue weighted by Crippen LogP contribution is 2.24. The number of methoxy groups -OCH3 is 1. The quantitative estimate of drug-likeness (QED) is 0.569. The highest BCUT2D eigenvalue weighted by atomic mass is 32.2. The standard InChI is InChI=1S/C21H26O5S/c1-4-27-20-7-5-16(6-8-20)9-10-25-18-11-17(21(22)23)12-19(13-18)26-15(2)14-24-3/h5-8,11-13,15H,4,9-10,14H2,1-3H3,(H,22,23)/t15-/m0/s1. The van der Waals surface area contributed by atoms with E-state index in [1.165, 1.54) is 22.6 Å². The van der Waals surface area contributed by atoms with Gasteiger partial charge in [0.05, 0.1) is 18.8 Å². The molecule has 5 nitrogen and oxygen atoms in total. The van der Waals surface area contributed by atoms with Crippen molar-refractivity contribution in [3.05, 3.63) is 53.6 Å². The van der Waals surface area contributed by atoms with E-state index >= 15 is 0 Å². The molecule has 0 fully saturated rings. The van der Waals surface area contributed by atoms with Gasteiger partial charge in [0.25, 0.3) is 0 Å². The molecule has 0 unspecified atom stereocenters. The maximum Gasteiger partial charge on any atom is 0.335 e. The zero-order chi connectivity index (χ0) is 19.6. The van der Waals surface area contributed by atoms with Crippen LogP contribution in [0.25, 0.3) is 0 Å². The van der Waals surface area contributed by atoms with Crippen LogP contribution >= 0.6 is 11.8 Å². The van der Waals surface area contributed by atoms with Crippen molar-refractivity contribution in [2.24, 2.45) is 0 Å². The van der Waals surface area contributed by atoms with Gasteiger partial charge in [-0.1, -0.05) is 19.1 Å². The Hall–Kier alpha value is -2.18. The van der Waals surface area contributed by atoms with E-state index in [1.54, 1.807) is 13.2 Å². The molecule has 0 bridgehead atoms. The Labute approximate surface area is 164 Å². The largest absolute Gasteiger partial charge is 0.493 e. The predicted octanol–water partition coefficient (Wildman–Crippen LogP) is 4.53. The van der Waals surface area contributed by atoms with Gasteiger partial charge in [-0.05, 0) is 42.5 Å². The Morgan fingerprint density at radius 1 is 1.15 bits per heavy atom. The monoisotopic (exact) mass is 390 g/mol. The van der Waals surface area contributed by atoms with Gasteiger partial charge in [0.2, 0.25) is 0 Å². The maximum absolute atomic E-state index is 11.4. The molecule has 1 atom stereocenters. The minimum Gasteiger partial charge on any atom is -0.493 e. The van der Waals surface area contributed by atoms with Crippen molar-refractivity contribution in [1.29, 1.82) is 0 Å². The number of carboxylic acids is 1. The molecule has 0 aliphatic carbocycles. The number of hydrogen-bond acceptors (Lipinski definition) is 5. The summed E-state index contributed by atoms with van der Waals surface area (Å²) in [4.78, 5) is 12.6. The third kappa shape index (κ3) is 7.15. The lowest BCUT2D eigenvalue weighted by Crippen LogP contribution is -2.18.